The molecule has 0 aromatic carbocycles. The number of hydrogen-bond donors (Lipinski definition) is 0. The molecule has 0 radical (unpaired) electrons. The highest BCUT2D eigenvalue weighted by molar-refractivity contribution is 5.78. The maximum atomic E-state index is 12.9. The summed E-state index contributed by atoms with van der Waals surface area (Å²) in [5.41, 5.74) is -4.75. The van der Waals surface area contributed by atoms with Gasteiger partial charge in [0, 0.05) is 0 Å². The second kappa shape index (κ2) is 15.5. The van der Waals surface area contributed by atoms with E-state index in [1.165, 1.54) is 39.5 Å². The van der Waals surface area contributed by atoms with Gasteiger partial charge >= 0.3 is 24.3 Å². The molecule has 0 amide bonds. The van der Waals surface area contributed by atoms with E-state index in [-0.39, 0.29) is 31.5 Å². The van der Waals surface area contributed by atoms with Gasteiger partial charge in [0.05, 0.1) is 6.61 Å². The summed E-state index contributed by atoms with van der Waals surface area (Å²) in [6, 6.07) is 0. The molecule has 0 aliphatic heterocycles. The Morgan fingerprint density at radius 3 is 1.59 bits per heavy atom. The van der Waals surface area contributed by atoms with Crippen LogP contribution in [-0.4, -0.2) is 37.0 Å². The topological polar surface area (TPSA) is 52.6 Å². The molecule has 10 heteroatoms. The minimum atomic E-state index is -4.56. The smallest absolute Gasteiger partial charge is 0.404 e. The third kappa shape index (κ3) is 9.83. The van der Waals surface area contributed by atoms with Crippen LogP contribution in [0.25, 0.3) is 0 Å². The van der Waals surface area contributed by atoms with Crippen LogP contribution in [0.15, 0.2) is 0 Å². The van der Waals surface area contributed by atoms with Gasteiger partial charge in [-0.1, -0.05) is 65.7 Å². The van der Waals surface area contributed by atoms with Crippen LogP contribution in [0.2, 0.25) is 0 Å². The molecule has 2 rings (SSSR count). The normalized spacial score (nSPS) is 23.8. The van der Waals surface area contributed by atoms with Crippen molar-refractivity contribution < 1.29 is 45.4 Å². The van der Waals surface area contributed by atoms with Gasteiger partial charge in [0.25, 0.3) is 0 Å². The van der Waals surface area contributed by atoms with Crippen molar-refractivity contribution in [3.05, 3.63) is 0 Å². The molecule has 0 spiro atoms. The van der Waals surface area contributed by atoms with Gasteiger partial charge < -0.3 is 9.47 Å². The molecule has 4 nitrogen and oxygen atoms in total. The summed E-state index contributed by atoms with van der Waals surface area (Å²) in [5.74, 6) is -1.42. The third-order valence-corrected chi connectivity index (χ3v) is 8.73. The van der Waals surface area contributed by atoms with Crippen molar-refractivity contribution >= 4 is 11.9 Å². The summed E-state index contributed by atoms with van der Waals surface area (Å²) in [7, 11) is 0. The van der Waals surface area contributed by atoms with Crippen molar-refractivity contribution in [2.24, 2.45) is 22.7 Å². The Hall–Kier alpha value is -1.48. The Labute approximate surface area is 229 Å². The predicted molar refractivity (Wildman–Crippen MR) is 138 cm³/mol. The molecule has 0 heterocycles. The molecular weight excluding hydrogens is 526 g/mol. The zero-order valence-electron chi connectivity index (χ0n) is 24.2. The molecule has 0 saturated heterocycles. The van der Waals surface area contributed by atoms with Crippen LogP contribution in [0, 0.1) is 22.7 Å². The van der Waals surface area contributed by atoms with Gasteiger partial charge in [0.2, 0.25) is 0 Å². The van der Waals surface area contributed by atoms with E-state index in [9.17, 15) is 35.9 Å². The zero-order chi connectivity index (χ0) is 29.9. The lowest BCUT2D eigenvalue weighted by Gasteiger charge is -2.31. The first kappa shape index (κ1) is 35.5. The van der Waals surface area contributed by atoms with Crippen molar-refractivity contribution in [3.8, 4) is 0 Å². The Morgan fingerprint density at radius 2 is 1.18 bits per heavy atom. The van der Waals surface area contributed by atoms with E-state index in [0.717, 1.165) is 58.8 Å². The molecule has 2 fully saturated rings. The number of rotatable bonds is 14. The molecular formula is C29H48F6O4. The Morgan fingerprint density at radius 1 is 0.692 bits per heavy atom. The molecule has 2 aliphatic rings. The van der Waals surface area contributed by atoms with Crippen molar-refractivity contribution in [2.75, 3.05) is 6.61 Å². The van der Waals surface area contributed by atoms with Gasteiger partial charge in [-0.2, -0.15) is 26.3 Å². The highest BCUT2D eigenvalue weighted by Crippen LogP contribution is 2.48. The first-order valence-electron chi connectivity index (χ1n) is 14.6. The minimum absolute atomic E-state index is 0.0828. The Kier molecular flexibility index (Phi) is 14.1. The van der Waals surface area contributed by atoms with Crippen molar-refractivity contribution in [3.63, 3.8) is 0 Å². The molecule has 0 aromatic heterocycles. The lowest BCUT2D eigenvalue weighted by Crippen LogP contribution is -2.45. The fourth-order valence-electron chi connectivity index (χ4n) is 5.08. The van der Waals surface area contributed by atoms with E-state index in [1.54, 1.807) is 0 Å². The van der Waals surface area contributed by atoms with Gasteiger partial charge in [-0.15, -0.1) is 0 Å². The van der Waals surface area contributed by atoms with E-state index in [4.69, 9.17) is 9.47 Å². The lowest BCUT2D eigenvalue weighted by molar-refractivity contribution is -0.234. The number of hydrogen-bond acceptors (Lipinski definition) is 4. The van der Waals surface area contributed by atoms with Crippen LogP contribution in [0.3, 0.4) is 0 Å². The summed E-state index contributed by atoms with van der Waals surface area (Å²) in [6.45, 7) is 6.81. The third-order valence-electron chi connectivity index (χ3n) is 8.73. The van der Waals surface area contributed by atoms with Gasteiger partial charge in [-0.05, 0) is 70.6 Å². The number of carbonyl (C=O) groups excluding carboxylic acids is 2. The first-order valence-corrected chi connectivity index (χ1v) is 14.6. The molecule has 5 unspecified atom stereocenters. The number of carbonyl (C=O) groups is 2. The van der Waals surface area contributed by atoms with E-state index in [1.807, 2.05) is 0 Å². The summed E-state index contributed by atoms with van der Waals surface area (Å²) >= 11 is 0. The van der Waals surface area contributed by atoms with Gasteiger partial charge in [0.1, 0.15) is 6.10 Å². The van der Waals surface area contributed by atoms with Crippen molar-refractivity contribution in [1.29, 1.82) is 0 Å². The summed E-state index contributed by atoms with van der Waals surface area (Å²) in [4.78, 5) is 23.4. The predicted octanol–water partition coefficient (Wildman–Crippen LogP) is 9.35. The molecule has 0 N–H and O–H groups in total. The number of ether oxygens (including phenoxy) is 2. The quantitative estimate of drug-likeness (QED) is 0.118. The summed E-state index contributed by atoms with van der Waals surface area (Å²) < 4.78 is 87.2. The first-order chi connectivity index (χ1) is 18.1. The maximum Gasteiger partial charge on any atom is 0.404 e. The van der Waals surface area contributed by atoms with Crippen LogP contribution < -0.4 is 0 Å². The van der Waals surface area contributed by atoms with Gasteiger partial charge in [-0.25, -0.2) is 0 Å². The minimum Gasteiger partial charge on any atom is -0.465 e. The molecule has 0 aromatic rings. The molecule has 2 bridgehead atoms. The Bertz CT molecular complexity index is 753. The lowest BCUT2D eigenvalue weighted by atomic mass is 9.86. The number of unbranched alkanes of at least 4 members (excludes halogenated alkanes) is 7. The average molecular weight is 575 g/mol. The standard InChI is InChI=1S/C16H29F3O2.C13H19F3O2/c1-4-6-7-8-9-10-11-12-13-21-14(20)15(3,5-2)16(17,18)19;1-3-12(2,13(14,15)16)11(17)18-10-7-8-4-5-9(10)6-8/h4-13H2,1-3H3;8-10H,3-7H2,1-2H3. The van der Waals surface area contributed by atoms with Crippen molar-refractivity contribution in [1.82, 2.24) is 0 Å². The number of fused-ring (bicyclic) bond motifs is 2. The molecule has 2 saturated carbocycles. The number of halogens is 6. The highest BCUT2D eigenvalue weighted by atomic mass is 19.4. The second-order valence-corrected chi connectivity index (χ2v) is 11.6. The zero-order valence-corrected chi connectivity index (χ0v) is 24.2. The largest absolute Gasteiger partial charge is 0.465 e. The van der Waals surface area contributed by atoms with Crippen LogP contribution >= 0.6 is 0 Å². The average Bonchev–Trinajstić information content (AvgIpc) is 3.49. The Balaban J connectivity index is 0.000000393. The van der Waals surface area contributed by atoms with E-state index in [2.05, 4.69) is 6.92 Å². The van der Waals surface area contributed by atoms with Crippen LogP contribution in [0.1, 0.15) is 125 Å². The van der Waals surface area contributed by atoms with Gasteiger partial charge in [-0.3, -0.25) is 9.59 Å². The molecule has 39 heavy (non-hydrogen) atoms. The molecule has 2 aliphatic carbocycles. The van der Waals surface area contributed by atoms with E-state index < -0.39 is 35.1 Å². The SMILES string of the molecule is CCC(C)(C(=O)OC1CC2CCC1C2)C(F)(F)F.CCCCCCCCCCOC(=O)C(C)(CC)C(F)(F)F. The van der Waals surface area contributed by atoms with E-state index in [0.29, 0.717) is 12.3 Å². The maximum absolute atomic E-state index is 12.9. The van der Waals surface area contributed by atoms with Crippen LogP contribution in [0.4, 0.5) is 26.3 Å². The van der Waals surface area contributed by atoms with Crippen LogP contribution in [0.5, 0.6) is 0 Å². The second-order valence-electron chi connectivity index (χ2n) is 11.6. The monoisotopic (exact) mass is 574 g/mol. The molecule has 5 atom stereocenters. The molecule has 230 valence electrons. The number of esters is 2. The van der Waals surface area contributed by atoms with Crippen molar-refractivity contribution in [2.45, 2.75) is 143 Å². The fraction of sp³-hybridized carbons (Fsp3) is 0.931. The van der Waals surface area contributed by atoms with Crippen LogP contribution in [-0.2, 0) is 19.1 Å². The number of alkyl halides is 6. The summed E-state index contributed by atoms with van der Waals surface area (Å²) in [5, 5.41) is 0. The summed E-state index contributed by atoms with van der Waals surface area (Å²) in [6.07, 6.45) is 2.53. The van der Waals surface area contributed by atoms with Gasteiger partial charge in [0.15, 0.2) is 10.8 Å². The highest BCUT2D eigenvalue weighted by Gasteiger charge is 2.58. The van der Waals surface area contributed by atoms with E-state index >= 15 is 0 Å². The fourth-order valence-corrected chi connectivity index (χ4v) is 5.08.